The molecule has 2 aromatic heterocycles. The molecule has 2 N–H and O–H groups in total. The van der Waals surface area contributed by atoms with Crippen molar-refractivity contribution in [3.63, 3.8) is 0 Å². The molecule has 0 saturated heterocycles. The van der Waals surface area contributed by atoms with Crippen molar-refractivity contribution >= 4 is 16.9 Å². The second-order valence-electron chi connectivity index (χ2n) is 5.30. The first-order chi connectivity index (χ1) is 11.3. The molecule has 0 aliphatic rings. The fourth-order valence-electron chi connectivity index (χ4n) is 2.36. The van der Waals surface area contributed by atoms with E-state index in [4.69, 9.17) is 0 Å². The summed E-state index contributed by atoms with van der Waals surface area (Å²) in [5.74, 6) is 0.432. The maximum absolute atomic E-state index is 12.8. The average Bonchev–Trinajstić information content (AvgIpc) is 2.54. The Hall–Kier alpha value is -2.90. The smallest absolute Gasteiger partial charge is 0.363 e. The highest BCUT2D eigenvalue weighted by molar-refractivity contribution is 5.85. The van der Waals surface area contributed by atoms with Gasteiger partial charge in [-0.25, -0.2) is 9.97 Å². The summed E-state index contributed by atoms with van der Waals surface area (Å²) in [6.45, 7) is 1.73. The fourth-order valence-corrected chi connectivity index (χ4v) is 2.36. The van der Waals surface area contributed by atoms with E-state index in [1.807, 2.05) is 0 Å². The van der Waals surface area contributed by atoms with Crippen molar-refractivity contribution in [2.45, 2.75) is 19.1 Å². The Morgan fingerprint density at radius 2 is 1.96 bits per heavy atom. The topological polar surface area (TPSA) is 70.7 Å². The molecule has 0 radical (unpaired) electrons. The molecule has 1 unspecified atom stereocenters. The molecule has 1 aromatic carbocycles. The lowest BCUT2D eigenvalue weighted by Crippen LogP contribution is -2.12. The van der Waals surface area contributed by atoms with Gasteiger partial charge in [0.1, 0.15) is 17.8 Å². The standard InChI is InChI=1S/C16H13F3N4O/c1-9(10-3-2-4-11(7-10)16(17,18)19)22-14-12-5-6-13(24)23-15(12)21-8-20-14/h2-9H,1H3,(H2,20,21,22,23,24). The quantitative estimate of drug-likeness (QED) is 0.769. The van der Waals surface area contributed by atoms with Gasteiger partial charge in [-0.05, 0) is 30.7 Å². The number of fused-ring (bicyclic) bond motifs is 1. The van der Waals surface area contributed by atoms with Gasteiger partial charge in [0, 0.05) is 12.1 Å². The summed E-state index contributed by atoms with van der Waals surface area (Å²) in [6.07, 6.45) is -3.11. The van der Waals surface area contributed by atoms with Crippen LogP contribution in [0.2, 0.25) is 0 Å². The average molecular weight is 334 g/mol. The second-order valence-corrected chi connectivity index (χ2v) is 5.30. The molecule has 5 nitrogen and oxygen atoms in total. The number of hydrogen-bond donors (Lipinski definition) is 2. The number of H-pyrrole nitrogens is 1. The third-order valence-electron chi connectivity index (χ3n) is 3.59. The van der Waals surface area contributed by atoms with Crippen molar-refractivity contribution in [3.8, 4) is 0 Å². The van der Waals surface area contributed by atoms with Crippen molar-refractivity contribution in [2.24, 2.45) is 0 Å². The van der Waals surface area contributed by atoms with E-state index in [1.165, 1.54) is 18.5 Å². The van der Waals surface area contributed by atoms with Crippen molar-refractivity contribution in [1.29, 1.82) is 0 Å². The van der Waals surface area contributed by atoms with Crippen LogP contribution in [-0.4, -0.2) is 15.0 Å². The van der Waals surface area contributed by atoms with Crippen molar-refractivity contribution < 1.29 is 13.2 Å². The van der Waals surface area contributed by atoms with Crippen LogP contribution in [0.4, 0.5) is 19.0 Å². The zero-order valence-corrected chi connectivity index (χ0v) is 12.6. The van der Waals surface area contributed by atoms with Gasteiger partial charge in [0.05, 0.1) is 10.9 Å². The van der Waals surface area contributed by atoms with Crippen LogP contribution in [-0.2, 0) is 6.18 Å². The van der Waals surface area contributed by atoms with Gasteiger partial charge < -0.3 is 10.3 Å². The normalized spacial score (nSPS) is 13.0. The Morgan fingerprint density at radius 3 is 2.71 bits per heavy atom. The summed E-state index contributed by atoms with van der Waals surface area (Å²) in [5, 5.41) is 3.64. The van der Waals surface area contributed by atoms with E-state index >= 15 is 0 Å². The number of nitrogens with one attached hydrogen (secondary N) is 2. The molecule has 0 saturated carbocycles. The molecule has 0 aliphatic heterocycles. The van der Waals surface area contributed by atoms with E-state index in [9.17, 15) is 18.0 Å². The molecule has 8 heteroatoms. The van der Waals surface area contributed by atoms with Gasteiger partial charge in [0.25, 0.3) is 0 Å². The molecule has 1 atom stereocenters. The number of halogens is 3. The molecular weight excluding hydrogens is 321 g/mol. The van der Waals surface area contributed by atoms with Gasteiger partial charge in [-0.3, -0.25) is 4.79 Å². The zero-order chi connectivity index (χ0) is 17.3. The van der Waals surface area contributed by atoms with Gasteiger partial charge in [0.15, 0.2) is 0 Å². The summed E-state index contributed by atoms with van der Waals surface area (Å²) in [6, 6.07) is 7.59. The molecule has 0 fully saturated rings. The molecule has 2 heterocycles. The largest absolute Gasteiger partial charge is 0.416 e. The molecule has 0 amide bonds. The molecule has 0 aliphatic carbocycles. The van der Waals surface area contributed by atoms with Crippen LogP contribution < -0.4 is 10.9 Å². The Bertz CT molecular complexity index is 936. The number of benzene rings is 1. The summed E-state index contributed by atoms with van der Waals surface area (Å²) in [7, 11) is 0. The number of aromatic nitrogens is 3. The van der Waals surface area contributed by atoms with Gasteiger partial charge in [-0.1, -0.05) is 12.1 Å². The third kappa shape index (κ3) is 3.22. The van der Waals surface area contributed by atoms with Gasteiger partial charge in [0.2, 0.25) is 5.56 Å². The van der Waals surface area contributed by atoms with Crippen molar-refractivity contribution in [2.75, 3.05) is 5.32 Å². The molecule has 3 rings (SSSR count). The Kier molecular flexibility index (Phi) is 3.96. The van der Waals surface area contributed by atoms with Gasteiger partial charge >= 0.3 is 6.18 Å². The summed E-state index contributed by atoms with van der Waals surface area (Å²) in [5.41, 5.74) is -0.166. The first kappa shape index (κ1) is 16.0. The van der Waals surface area contributed by atoms with E-state index < -0.39 is 17.8 Å². The number of alkyl halides is 3. The van der Waals surface area contributed by atoms with Crippen LogP contribution in [0.5, 0.6) is 0 Å². The van der Waals surface area contributed by atoms with Crippen molar-refractivity contribution in [3.05, 3.63) is 64.2 Å². The third-order valence-corrected chi connectivity index (χ3v) is 3.59. The van der Waals surface area contributed by atoms with Crippen molar-refractivity contribution in [1.82, 2.24) is 15.0 Å². The minimum atomic E-state index is -4.39. The van der Waals surface area contributed by atoms with Crippen LogP contribution >= 0.6 is 0 Å². The summed E-state index contributed by atoms with van der Waals surface area (Å²) < 4.78 is 38.5. The highest BCUT2D eigenvalue weighted by Gasteiger charge is 2.30. The second kappa shape index (κ2) is 5.95. The highest BCUT2D eigenvalue weighted by atomic mass is 19.4. The van der Waals surface area contributed by atoms with Crippen LogP contribution in [0.15, 0.2) is 47.5 Å². The highest BCUT2D eigenvalue weighted by Crippen LogP contribution is 2.31. The number of rotatable bonds is 3. The van der Waals surface area contributed by atoms with Crippen LogP contribution in [0.25, 0.3) is 11.0 Å². The van der Waals surface area contributed by atoms with E-state index in [2.05, 4.69) is 20.3 Å². The van der Waals surface area contributed by atoms with Gasteiger partial charge in [-0.15, -0.1) is 0 Å². The molecule has 0 bridgehead atoms. The number of hydrogen-bond acceptors (Lipinski definition) is 4. The first-order valence-corrected chi connectivity index (χ1v) is 7.12. The SMILES string of the molecule is CC(Nc1ncnc2[nH]c(=O)ccc12)c1cccc(C(F)(F)F)c1. The fraction of sp³-hybridized carbons (Fsp3) is 0.188. The lowest BCUT2D eigenvalue weighted by atomic mass is 10.0. The minimum absolute atomic E-state index is 0.293. The summed E-state index contributed by atoms with van der Waals surface area (Å²) in [4.78, 5) is 22.0. The van der Waals surface area contributed by atoms with E-state index in [0.717, 1.165) is 12.1 Å². The lowest BCUT2D eigenvalue weighted by Gasteiger charge is -2.17. The van der Waals surface area contributed by atoms with Crippen LogP contribution in [0, 0.1) is 0 Å². The van der Waals surface area contributed by atoms with E-state index in [1.54, 1.807) is 19.1 Å². The van der Waals surface area contributed by atoms with E-state index in [-0.39, 0.29) is 5.56 Å². The van der Waals surface area contributed by atoms with E-state index in [0.29, 0.717) is 22.4 Å². The molecule has 3 aromatic rings. The monoisotopic (exact) mass is 334 g/mol. The Balaban J connectivity index is 1.93. The maximum atomic E-state index is 12.8. The number of anilines is 1. The number of aromatic amines is 1. The number of pyridine rings is 1. The molecule has 124 valence electrons. The predicted molar refractivity (Wildman–Crippen MR) is 83.6 cm³/mol. The maximum Gasteiger partial charge on any atom is 0.416 e. The summed E-state index contributed by atoms with van der Waals surface area (Å²) >= 11 is 0. The van der Waals surface area contributed by atoms with Gasteiger partial charge in [-0.2, -0.15) is 13.2 Å². The number of nitrogens with zero attached hydrogens (tertiary/aromatic N) is 2. The Morgan fingerprint density at radius 1 is 1.17 bits per heavy atom. The zero-order valence-electron chi connectivity index (χ0n) is 12.6. The van der Waals surface area contributed by atoms with Crippen LogP contribution in [0.3, 0.4) is 0 Å². The lowest BCUT2D eigenvalue weighted by molar-refractivity contribution is -0.137. The Labute approximate surface area is 134 Å². The molecule has 0 spiro atoms. The predicted octanol–water partition coefficient (Wildman–Crippen LogP) is 3.51. The first-order valence-electron chi connectivity index (χ1n) is 7.12. The molecular formula is C16H13F3N4O. The van der Waals surface area contributed by atoms with Crippen LogP contribution in [0.1, 0.15) is 24.1 Å². The minimum Gasteiger partial charge on any atom is -0.363 e. The molecule has 24 heavy (non-hydrogen) atoms.